The first-order valence-corrected chi connectivity index (χ1v) is 8.62. The summed E-state index contributed by atoms with van der Waals surface area (Å²) < 4.78 is 5.35. The molecule has 0 N–H and O–H groups in total. The van der Waals surface area contributed by atoms with Crippen molar-refractivity contribution in [1.29, 1.82) is 0 Å². The van der Waals surface area contributed by atoms with Crippen molar-refractivity contribution < 1.29 is 19.5 Å². The molecule has 0 bridgehead atoms. The number of nitro benzene ring substituents is 3. The van der Waals surface area contributed by atoms with E-state index in [2.05, 4.69) is 10.2 Å². The van der Waals surface area contributed by atoms with E-state index >= 15 is 0 Å². The third-order valence-electron chi connectivity index (χ3n) is 4.01. The lowest BCUT2D eigenvalue weighted by Crippen LogP contribution is -2.01. The van der Waals surface area contributed by atoms with Crippen molar-refractivity contribution in [2.24, 2.45) is 10.2 Å². The minimum atomic E-state index is -0.987. The van der Waals surface area contributed by atoms with E-state index in [4.69, 9.17) is 4.74 Å². The van der Waals surface area contributed by atoms with Gasteiger partial charge in [-0.25, -0.2) is 0 Å². The summed E-state index contributed by atoms with van der Waals surface area (Å²) in [6.45, 7) is 1.94. The van der Waals surface area contributed by atoms with E-state index in [1.807, 2.05) is 19.1 Å². The van der Waals surface area contributed by atoms with E-state index in [0.29, 0.717) is 23.5 Å². The average molecular weight is 423 g/mol. The zero-order valence-electron chi connectivity index (χ0n) is 15.9. The SMILES string of the molecule is Cc1ccc(N=Nc2ccc(Oc3c([N+](=O)[O-])cc([N+](=O)[O-])cc3[N+](=O)[O-])cc2)cc1. The number of ether oxygens (including phenoxy) is 1. The molecule has 3 rings (SSSR count). The molecule has 3 aromatic carbocycles. The van der Waals surface area contributed by atoms with Gasteiger partial charge < -0.3 is 4.74 Å². The molecule has 12 heteroatoms. The minimum absolute atomic E-state index is 0.0364. The van der Waals surface area contributed by atoms with Gasteiger partial charge in [0.2, 0.25) is 0 Å². The molecule has 0 aliphatic rings. The molecule has 0 fully saturated rings. The lowest BCUT2D eigenvalue weighted by atomic mass is 10.2. The first-order valence-electron chi connectivity index (χ1n) is 8.62. The number of rotatable bonds is 7. The van der Waals surface area contributed by atoms with Gasteiger partial charge in [0.05, 0.1) is 38.3 Å². The number of hydrogen-bond donors (Lipinski definition) is 0. The molecule has 0 spiro atoms. The summed E-state index contributed by atoms with van der Waals surface area (Å²) >= 11 is 0. The highest BCUT2D eigenvalue weighted by atomic mass is 16.6. The van der Waals surface area contributed by atoms with Gasteiger partial charge in [0.15, 0.2) is 0 Å². The van der Waals surface area contributed by atoms with Crippen molar-refractivity contribution in [3.05, 3.63) is 96.6 Å². The van der Waals surface area contributed by atoms with Gasteiger partial charge in [-0.3, -0.25) is 30.3 Å². The van der Waals surface area contributed by atoms with Crippen LogP contribution in [0.3, 0.4) is 0 Å². The number of benzene rings is 3. The monoisotopic (exact) mass is 423 g/mol. The fourth-order valence-electron chi connectivity index (χ4n) is 2.49. The average Bonchev–Trinajstić information content (AvgIpc) is 2.74. The Morgan fingerprint density at radius 1 is 0.710 bits per heavy atom. The standard InChI is InChI=1S/C19H13N5O7/c1-12-2-4-13(5-3-12)20-21-14-6-8-16(9-7-14)31-19-17(23(27)28)10-15(22(25)26)11-18(19)24(29)30/h2-11H,1H3. The van der Waals surface area contributed by atoms with Crippen LogP contribution in [0.15, 0.2) is 70.9 Å². The molecule has 3 aromatic rings. The van der Waals surface area contributed by atoms with E-state index < -0.39 is 37.6 Å². The lowest BCUT2D eigenvalue weighted by Gasteiger charge is -2.07. The third-order valence-corrected chi connectivity index (χ3v) is 4.01. The molecule has 0 aliphatic heterocycles. The Kier molecular flexibility index (Phi) is 5.91. The highest BCUT2D eigenvalue weighted by Gasteiger charge is 2.32. The quantitative estimate of drug-likeness (QED) is 0.258. The second-order valence-corrected chi connectivity index (χ2v) is 6.22. The smallest absolute Gasteiger partial charge is 0.325 e. The van der Waals surface area contributed by atoms with Crippen LogP contribution in [0, 0.1) is 37.3 Å². The summed E-state index contributed by atoms with van der Waals surface area (Å²) in [5, 5.41) is 41.7. The molecule has 0 amide bonds. The number of aryl methyl sites for hydroxylation is 1. The summed E-state index contributed by atoms with van der Waals surface area (Å²) in [7, 11) is 0. The zero-order valence-corrected chi connectivity index (χ0v) is 15.9. The van der Waals surface area contributed by atoms with Gasteiger partial charge in [-0.1, -0.05) is 17.7 Å². The first-order chi connectivity index (χ1) is 14.7. The lowest BCUT2D eigenvalue weighted by molar-refractivity contribution is -0.404. The summed E-state index contributed by atoms with van der Waals surface area (Å²) in [5.74, 6) is -0.677. The van der Waals surface area contributed by atoms with E-state index in [9.17, 15) is 30.3 Å². The molecule has 0 unspecified atom stereocenters. The molecule has 0 saturated heterocycles. The summed E-state index contributed by atoms with van der Waals surface area (Å²) in [5.41, 5.74) is -0.427. The maximum absolute atomic E-state index is 11.3. The number of azo groups is 1. The van der Waals surface area contributed by atoms with Gasteiger partial charge in [0.25, 0.3) is 11.4 Å². The Labute approximate surface area is 173 Å². The van der Waals surface area contributed by atoms with Crippen LogP contribution >= 0.6 is 0 Å². The largest absolute Gasteiger partial charge is 0.444 e. The third kappa shape index (κ3) is 5.00. The Morgan fingerprint density at radius 3 is 1.58 bits per heavy atom. The van der Waals surface area contributed by atoms with Crippen molar-refractivity contribution >= 4 is 28.4 Å². The molecule has 0 radical (unpaired) electrons. The van der Waals surface area contributed by atoms with E-state index in [1.165, 1.54) is 24.3 Å². The van der Waals surface area contributed by atoms with Crippen LogP contribution in [-0.2, 0) is 0 Å². The molecule has 0 atom stereocenters. The van der Waals surface area contributed by atoms with Crippen LogP contribution in [0.2, 0.25) is 0 Å². The predicted octanol–water partition coefficient (Wildman–Crippen LogP) is 5.93. The van der Waals surface area contributed by atoms with Crippen LogP contribution in [0.1, 0.15) is 5.56 Å². The number of non-ortho nitro benzene ring substituents is 1. The predicted molar refractivity (Wildman–Crippen MR) is 108 cm³/mol. The molecule has 0 saturated carbocycles. The van der Waals surface area contributed by atoms with E-state index in [1.54, 1.807) is 12.1 Å². The fourth-order valence-corrected chi connectivity index (χ4v) is 2.49. The zero-order chi connectivity index (χ0) is 22.5. The molecule has 156 valence electrons. The van der Waals surface area contributed by atoms with Crippen LogP contribution in [0.5, 0.6) is 11.5 Å². The topological polar surface area (TPSA) is 163 Å². The Balaban J connectivity index is 1.90. The number of nitro groups is 3. The Hall–Kier alpha value is -4.74. The molecule has 0 heterocycles. The van der Waals surface area contributed by atoms with E-state index in [0.717, 1.165) is 5.56 Å². The van der Waals surface area contributed by atoms with Gasteiger partial charge in [-0.15, -0.1) is 0 Å². The molecular formula is C19H13N5O7. The number of nitrogens with zero attached hydrogens (tertiary/aromatic N) is 5. The molecule has 0 aromatic heterocycles. The van der Waals surface area contributed by atoms with Gasteiger partial charge in [0.1, 0.15) is 5.75 Å². The van der Waals surface area contributed by atoms with Gasteiger partial charge >= 0.3 is 11.4 Å². The Morgan fingerprint density at radius 2 is 1.16 bits per heavy atom. The van der Waals surface area contributed by atoms with Gasteiger partial charge in [0, 0.05) is 0 Å². The second kappa shape index (κ2) is 8.73. The van der Waals surface area contributed by atoms with Crippen molar-refractivity contribution in [3.8, 4) is 11.5 Å². The summed E-state index contributed by atoms with van der Waals surface area (Å²) in [4.78, 5) is 30.6. The molecule has 0 aliphatic carbocycles. The number of hydrogen-bond acceptors (Lipinski definition) is 9. The van der Waals surface area contributed by atoms with Crippen LogP contribution in [-0.4, -0.2) is 14.8 Å². The second-order valence-electron chi connectivity index (χ2n) is 6.22. The first kappa shape index (κ1) is 21.0. The van der Waals surface area contributed by atoms with Crippen molar-refractivity contribution in [2.75, 3.05) is 0 Å². The summed E-state index contributed by atoms with van der Waals surface area (Å²) in [6.07, 6.45) is 0. The van der Waals surface area contributed by atoms with Crippen LogP contribution in [0.25, 0.3) is 0 Å². The van der Waals surface area contributed by atoms with Crippen LogP contribution < -0.4 is 4.74 Å². The molecular weight excluding hydrogens is 410 g/mol. The minimum Gasteiger partial charge on any atom is -0.444 e. The van der Waals surface area contributed by atoms with Crippen molar-refractivity contribution in [1.82, 2.24) is 0 Å². The highest BCUT2D eigenvalue weighted by molar-refractivity contribution is 5.66. The van der Waals surface area contributed by atoms with Crippen molar-refractivity contribution in [2.45, 2.75) is 6.92 Å². The fraction of sp³-hybridized carbons (Fsp3) is 0.0526. The van der Waals surface area contributed by atoms with Gasteiger partial charge in [-0.2, -0.15) is 10.2 Å². The van der Waals surface area contributed by atoms with Gasteiger partial charge in [-0.05, 0) is 43.3 Å². The maximum atomic E-state index is 11.3. The Bertz CT molecular complexity index is 1160. The molecule has 31 heavy (non-hydrogen) atoms. The van der Waals surface area contributed by atoms with Crippen LogP contribution in [0.4, 0.5) is 28.4 Å². The van der Waals surface area contributed by atoms with E-state index in [-0.39, 0.29) is 5.75 Å². The summed E-state index contributed by atoms with van der Waals surface area (Å²) in [6, 6.07) is 14.3. The highest BCUT2D eigenvalue weighted by Crippen LogP contribution is 2.43. The maximum Gasteiger partial charge on any atom is 0.325 e. The molecule has 12 nitrogen and oxygen atoms in total. The normalized spacial score (nSPS) is 10.7. The van der Waals surface area contributed by atoms with Crippen molar-refractivity contribution in [3.63, 3.8) is 0 Å².